The molecule has 19 heavy (non-hydrogen) atoms. The van der Waals surface area contributed by atoms with Gasteiger partial charge in [-0.25, -0.2) is 0 Å². The second kappa shape index (κ2) is 5.90. The van der Waals surface area contributed by atoms with E-state index in [2.05, 4.69) is 21.2 Å². The molecule has 0 bridgehead atoms. The van der Waals surface area contributed by atoms with Crippen molar-refractivity contribution in [3.63, 3.8) is 0 Å². The predicted molar refractivity (Wildman–Crippen MR) is 89.5 cm³/mol. The minimum absolute atomic E-state index is 0.376. The molecule has 2 aromatic carbocycles. The number of thiocarbonyl (C=S) groups is 1. The Hall–Kier alpha value is -1.10. The van der Waals surface area contributed by atoms with Crippen molar-refractivity contribution >= 4 is 56.1 Å². The highest BCUT2D eigenvalue weighted by Gasteiger charge is 2.06. The van der Waals surface area contributed by atoms with Crippen LogP contribution in [0.15, 0.2) is 40.9 Å². The van der Waals surface area contributed by atoms with Crippen LogP contribution in [0.1, 0.15) is 11.1 Å². The number of hydrogen-bond donors (Lipinski definition) is 2. The van der Waals surface area contributed by atoms with Crippen molar-refractivity contribution in [2.45, 2.75) is 6.92 Å². The van der Waals surface area contributed by atoms with E-state index in [1.165, 1.54) is 0 Å². The summed E-state index contributed by atoms with van der Waals surface area (Å²) in [4.78, 5) is 0.376. The summed E-state index contributed by atoms with van der Waals surface area (Å²) in [5.74, 6) is 0. The van der Waals surface area contributed by atoms with Crippen molar-refractivity contribution in [3.8, 4) is 0 Å². The molecule has 0 unspecified atom stereocenters. The molecule has 2 aromatic rings. The van der Waals surface area contributed by atoms with Gasteiger partial charge in [0, 0.05) is 10.0 Å². The molecule has 0 aromatic heterocycles. The maximum atomic E-state index is 6.16. The van der Waals surface area contributed by atoms with E-state index in [0.717, 1.165) is 27.0 Å². The van der Waals surface area contributed by atoms with Crippen molar-refractivity contribution in [2.24, 2.45) is 5.73 Å². The Morgan fingerprint density at radius 1 is 1.21 bits per heavy atom. The summed E-state index contributed by atoms with van der Waals surface area (Å²) in [7, 11) is 0. The third-order valence-corrected chi connectivity index (χ3v) is 3.87. The number of hydrogen-bond acceptors (Lipinski definition) is 2. The Kier molecular flexibility index (Phi) is 4.45. The van der Waals surface area contributed by atoms with E-state index in [4.69, 9.17) is 29.6 Å². The lowest BCUT2D eigenvalue weighted by atomic mass is 10.2. The molecule has 0 saturated heterocycles. The standard InChI is InChI=1S/C14H12BrClN2S/c1-8-2-4-11(16)13(6-8)18-12-5-3-9(14(17)19)7-10(12)15/h2-7,18H,1H3,(H2,17,19). The summed E-state index contributed by atoms with van der Waals surface area (Å²) in [6.45, 7) is 2.02. The Morgan fingerprint density at radius 2 is 1.95 bits per heavy atom. The number of aryl methyl sites for hydroxylation is 1. The summed E-state index contributed by atoms with van der Waals surface area (Å²) in [6.07, 6.45) is 0. The predicted octanol–water partition coefficient (Wildman–Crippen LogP) is 4.79. The minimum Gasteiger partial charge on any atom is -0.389 e. The fourth-order valence-electron chi connectivity index (χ4n) is 1.65. The van der Waals surface area contributed by atoms with Crippen LogP contribution < -0.4 is 11.1 Å². The van der Waals surface area contributed by atoms with E-state index in [-0.39, 0.29) is 0 Å². The van der Waals surface area contributed by atoms with Crippen LogP contribution in [0.25, 0.3) is 0 Å². The highest BCUT2D eigenvalue weighted by molar-refractivity contribution is 9.10. The first kappa shape index (κ1) is 14.3. The number of anilines is 2. The van der Waals surface area contributed by atoms with Gasteiger partial charge in [0.1, 0.15) is 4.99 Å². The lowest BCUT2D eigenvalue weighted by Crippen LogP contribution is -2.09. The highest BCUT2D eigenvalue weighted by Crippen LogP contribution is 2.31. The van der Waals surface area contributed by atoms with Crippen molar-refractivity contribution < 1.29 is 0 Å². The molecular formula is C14H12BrClN2S. The first-order valence-corrected chi connectivity index (χ1v) is 7.18. The Morgan fingerprint density at radius 3 is 2.58 bits per heavy atom. The number of benzene rings is 2. The Labute approximate surface area is 131 Å². The zero-order valence-corrected chi connectivity index (χ0v) is 13.4. The van der Waals surface area contributed by atoms with Crippen molar-refractivity contribution in [1.29, 1.82) is 0 Å². The molecule has 3 N–H and O–H groups in total. The van der Waals surface area contributed by atoms with Gasteiger partial charge < -0.3 is 11.1 Å². The van der Waals surface area contributed by atoms with Crippen LogP contribution in [-0.2, 0) is 0 Å². The second-order valence-electron chi connectivity index (χ2n) is 4.17. The maximum absolute atomic E-state index is 6.16. The van der Waals surface area contributed by atoms with E-state index in [1.54, 1.807) is 0 Å². The molecule has 0 aliphatic carbocycles. The van der Waals surface area contributed by atoms with E-state index < -0.39 is 0 Å². The molecule has 0 aliphatic rings. The maximum Gasteiger partial charge on any atom is 0.104 e. The smallest absolute Gasteiger partial charge is 0.104 e. The average Bonchev–Trinajstić information content (AvgIpc) is 2.36. The zero-order chi connectivity index (χ0) is 14.0. The highest BCUT2D eigenvalue weighted by atomic mass is 79.9. The molecular weight excluding hydrogens is 344 g/mol. The van der Waals surface area contributed by atoms with Crippen LogP contribution in [0.4, 0.5) is 11.4 Å². The van der Waals surface area contributed by atoms with Crippen LogP contribution in [0, 0.1) is 6.92 Å². The van der Waals surface area contributed by atoms with E-state index in [9.17, 15) is 0 Å². The molecule has 0 radical (unpaired) electrons. The molecule has 0 saturated carbocycles. The summed E-state index contributed by atoms with van der Waals surface area (Å²) in [6, 6.07) is 11.5. The summed E-state index contributed by atoms with van der Waals surface area (Å²) in [5.41, 5.74) is 9.34. The molecule has 0 amide bonds. The fourth-order valence-corrected chi connectivity index (χ4v) is 2.42. The largest absolute Gasteiger partial charge is 0.389 e. The number of rotatable bonds is 3. The molecule has 5 heteroatoms. The van der Waals surface area contributed by atoms with E-state index in [1.807, 2.05) is 43.3 Å². The van der Waals surface area contributed by atoms with Crippen LogP contribution in [0.2, 0.25) is 5.02 Å². The molecule has 0 heterocycles. The van der Waals surface area contributed by atoms with Gasteiger partial charge in [-0.1, -0.05) is 29.9 Å². The molecule has 0 spiro atoms. The van der Waals surface area contributed by atoms with Crippen LogP contribution >= 0.6 is 39.7 Å². The van der Waals surface area contributed by atoms with Gasteiger partial charge in [-0.2, -0.15) is 0 Å². The van der Waals surface area contributed by atoms with Crippen molar-refractivity contribution in [3.05, 3.63) is 57.0 Å². The molecule has 2 nitrogen and oxygen atoms in total. The fraction of sp³-hybridized carbons (Fsp3) is 0.0714. The third kappa shape index (κ3) is 3.47. The molecule has 98 valence electrons. The van der Waals surface area contributed by atoms with Crippen LogP contribution in [0.5, 0.6) is 0 Å². The van der Waals surface area contributed by atoms with Crippen molar-refractivity contribution in [2.75, 3.05) is 5.32 Å². The van der Waals surface area contributed by atoms with Gasteiger partial charge in [0.2, 0.25) is 0 Å². The van der Waals surface area contributed by atoms with Gasteiger partial charge in [0.15, 0.2) is 0 Å². The van der Waals surface area contributed by atoms with E-state index >= 15 is 0 Å². The summed E-state index contributed by atoms with van der Waals surface area (Å²) >= 11 is 14.6. The topological polar surface area (TPSA) is 38.0 Å². The van der Waals surface area contributed by atoms with Gasteiger partial charge in [0.25, 0.3) is 0 Å². The Bertz CT molecular complexity index is 643. The summed E-state index contributed by atoms with van der Waals surface area (Å²) in [5, 5.41) is 3.96. The zero-order valence-electron chi connectivity index (χ0n) is 10.2. The Balaban J connectivity index is 2.33. The lowest BCUT2D eigenvalue weighted by molar-refractivity contribution is 1.44. The average molecular weight is 356 g/mol. The van der Waals surface area contributed by atoms with Gasteiger partial charge in [0.05, 0.1) is 16.4 Å². The molecule has 0 fully saturated rings. The number of nitrogens with two attached hydrogens (primary N) is 1. The lowest BCUT2D eigenvalue weighted by Gasteiger charge is -2.12. The first-order valence-electron chi connectivity index (χ1n) is 5.60. The SMILES string of the molecule is Cc1ccc(Cl)c(Nc2ccc(C(N)=S)cc2Br)c1. The van der Waals surface area contributed by atoms with Gasteiger partial charge in [-0.05, 0) is 58.7 Å². The second-order valence-corrected chi connectivity index (χ2v) is 5.87. The molecule has 2 rings (SSSR count). The normalized spacial score (nSPS) is 10.3. The van der Waals surface area contributed by atoms with Crippen LogP contribution in [-0.4, -0.2) is 4.99 Å². The monoisotopic (exact) mass is 354 g/mol. The van der Waals surface area contributed by atoms with Crippen molar-refractivity contribution in [1.82, 2.24) is 0 Å². The number of halogens is 2. The third-order valence-electron chi connectivity index (χ3n) is 2.64. The van der Waals surface area contributed by atoms with Crippen LogP contribution in [0.3, 0.4) is 0 Å². The van der Waals surface area contributed by atoms with Gasteiger partial charge in [-0.3, -0.25) is 0 Å². The van der Waals surface area contributed by atoms with E-state index in [0.29, 0.717) is 10.0 Å². The number of nitrogens with one attached hydrogen (secondary N) is 1. The molecule has 0 atom stereocenters. The quantitative estimate of drug-likeness (QED) is 0.778. The molecule has 0 aliphatic heterocycles. The summed E-state index contributed by atoms with van der Waals surface area (Å²) < 4.78 is 0.885. The van der Waals surface area contributed by atoms with Gasteiger partial charge in [-0.15, -0.1) is 0 Å². The van der Waals surface area contributed by atoms with Gasteiger partial charge >= 0.3 is 0 Å². The first-order chi connectivity index (χ1) is 8.97. The minimum atomic E-state index is 0.376.